The summed E-state index contributed by atoms with van der Waals surface area (Å²) in [6, 6.07) is 5.83. The van der Waals surface area contributed by atoms with Crippen molar-refractivity contribution in [2.75, 3.05) is 5.73 Å². The molecule has 3 rings (SSSR count). The van der Waals surface area contributed by atoms with Crippen molar-refractivity contribution in [3.63, 3.8) is 0 Å². The zero-order chi connectivity index (χ0) is 13.2. The van der Waals surface area contributed by atoms with Crippen molar-refractivity contribution in [3.8, 4) is 5.75 Å². The van der Waals surface area contributed by atoms with Crippen molar-refractivity contribution in [1.82, 2.24) is 4.98 Å². The van der Waals surface area contributed by atoms with Crippen LogP contribution in [0.25, 0.3) is 10.9 Å². The van der Waals surface area contributed by atoms with Crippen LogP contribution in [0.2, 0.25) is 0 Å². The Morgan fingerprint density at radius 3 is 2.79 bits per heavy atom. The van der Waals surface area contributed by atoms with E-state index in [9.17, 15) is 0 Å². The van der Waals surface area contributed by atoms with Crippen molar-refractivity contribution >= 4 is 32.5 Å². The van der Waals surface area contributed by atoms with E-state index < -0.39 is 0 Å². The molecule has 0 bridgehead atoms. The Hall–Kier alpha value is -1.29. The maximum atomic E-state index is 6.13. The highest BCUT2D eigenvalue weighted by Crippen LogP contribution is 2.32. The fourth-order valence-corrected chi connectivity index (χ4v) is 2.98. The minimum atomic E-state index is 0.325. The highest BCUT2D eigenvalue weighted by Gasteiger charge is 2.17. The molecule has 0 amide bonds. The zero-order valence-corrected chi connectivity index (χ0v) is 12.3. The first kappa shape index (κ1) is 12.7. The molecule has 100 valence electrons. The van der Waals surface area contributed by atoms with Gasteiger partial charge in [0.1, 0.15) is 11.3 Å². The average Bonchev–Trinajstić information content (AvgIpc) is 2.43. The summed E-state index contributed by atoms with van der Waals surface area (Å²) in [6.45, 7) is 0. The third-order valence-electron chi connectivity index (χ3n) is 3.66. The quantitative estimate of drug-likeness (QED) is 0.839. The Kier molecular flexibility index (Phi) is 3.60. The van der Waals surface area contributed by atoms with Crippen molar-refractivity contribution in [2.24, 2.45) is 0 Å². The average molecular weight is 321 g/mol. The topological polar surface area (TPSA) is 48.1 Å². The van der Waals surface area contributed by atoms with Crippen LogP contribution in [0.4, 0.5) is 5.69 Å². The van der Waals surface area contributed by atoms with E-state index in [-0.39, 0.29) is 0 Å². The molecule has 0 atom stereocenters. The molecule has 0 aliphatic heterocycles. The Morgan fingerprint density at radius 2 is 2.00 bits per heavy atom. The van der Waals surface area contributed by atoms with Gasteiger partial charge in [0.15, 0.2) is 0 Å². The molecular weight excluding hydrogens is 304 g/mol. The zero-order valence-electron chi connectivity index (χ0n) is 10.7. The van der Waals surface area contributed by atoms with Crippen molar-refractivity contribution in [1.29, 1.82) is 0 Å². The highest BCUT2D eigenvalue weighted by atomic mass is 79.9. The molecule has 1 fully saturated rings. The van der Waals surface area contributed by atoms with Gasteiger partial charge in [-0.25, -0.2) is 0 Å². The van der Waals surface area contributed by atoms with Crippen molar-refractivity contribution < 1.29 is 4.74 Å². The molecule has 2 aromatic rings. The van der Waals surface area contributed by atoms with E-state index in [2.05, 4.69) is 20.9 Å². The van der Waals surface area contributed by atoms with Crippen LogP contribution in [0.15, 0.2) is 28.9 Å². The first-order valence-corrected chi connectivity index (χ1v) is 7.54. The number of ether oxygens (including phenoxy) is 1. The van der Waals surface area contributed by atoms with Gasteiger partial charge in [-0.05, 0) is 59.8 Å². The molecule has 1 aliphatic carbocycles. The van der Waals surface area contributed by atoms with Crippen LogP contribution in [0.3, 0.4) is 0 Å². The van der Waals surface area contributed by atoms with E-state index in [1.807, 2.05) is 18.2 Å². The summed E-state index contributed by atoms with van der Waals surface area (Å²) in [5.74, 6) is 0.851. The number of rotatable bonds is 2. The lowest BCUT2D eigenvalue weighted by Crippen LogP contribution is -2.19. The van der Waals surface area contributed by atoms with Crippen molar-refractivity contribution in [2.45, 2.75) is 38.2 Å². The number of halogens is 1. The van der Waals surface area contributed by atoms with Gasteiger partial charge in [0, 0.05) is 21.7 Å². The molecule has 4 heteroatoms. The summed E-state index contributed by atoms with van der Waals surface area (Å²) < 4.78 is 7.06. The molecule has 2 N–H and O–H groups in total. The normalized spacial score (nSPS) is 16.7. The molecule has 3 nitrogen and oxygen atoms in total. The van der Waals surface area contributed by atoms with Gasteiger partial charge in [-0.2, -0.15) is 0 Å². The Labute approximate surface area is 121 Å². The lowest BCUT2D eigenvalue weighted by molar-refractivity contribution is 0.157. The monoisotopic (exact) mass is 320 g/mol. The number of aromatic nitrogens is 1. The fraction of sp³-hybridized carbons (Fsp3) is 0.400. The lowest BCUT2D eigenvalue weighted by Gasteiger charge is -2.23. The molecule has 0 spiro atoms. The van der Waals surface area contributed by atoms with E-state index in [0.29, 0.717) is 6.10 Å². The predicted octanol–water partition coefficient (Wildman–Crippen LogP) is 4.29. The number of anilines is 1. The number of benzene rings is 1. The van der Waals surface area contributed by atoms with Crippen LogP contribution in [0.5, 0.6) is 5.75 Å². The molecule has 19 heavy (non-hydrogen) atoms. The summed E-state index contributed by atoms with van der Waals surface area (Å²) in [4.78, 5) is 4.46. The lowest BCUT2D eigenvalue weighted by atomic mass is 9.98. The van der Waals surface area contributed by atoms with Gasteiger partial charge in [0.2, 0.25) is 0 Å². The Morgan fingerprint density at radius 1 is 1.21 bits per heavy atom. The number of pyridine rings is 1. The Balaban J connectivity index is 1.96. The smallest absolute Gasteiger partial charge is 0.146 e. The second-order valence-electron chi connectivity index (χ2n) is 5.08. The number of nitrogens with zero attached hydrogens (tertiary/aromatic N) is 1. The third-order valence-corrected chi connectivity index (χ3v) is 4.09. The van der Waals surface area contributed by atoms with Crippen LogP contribution in [0, 0.1) is 0 Å². The summed E-state index contributed by atoms with van der Waals surface area (Å²) in [5, 5.41) is 0.947. The summed E-state index contributed by atoms with van der Waals surface area (Å²) >= 11 is 3.43. The van der Waals surface area contributed by atoms with Gasteiger partial charge in [-0.1, -0.05) is 6.42 Å². The third kappa shape index (κ3) is 2.68. The minimum Gasteiger partial charge on any atom is -0.488 e. The Bertz CT molecular complexity index is 594. The molecule has 1 saturated carbocycles. The number of nitrogens with two attached hydrogens (primary N) is 1. The number of hydrogen-bond acceptors (Lipinski definition) is 3. The van der Waals surface area contributed by atoms with E-state index in [1.165, 1.54) is 19.3 Å². The first-order valence-electron chi connectivity index (χ1n) is 6.74. The number of hydrogen-bond donors (Lipinski definition) is 1. The minimum absolute atomic E-state index is 0.325. The SMILES string of the molecule is Nc1ccc(OC2CCCCC2)c2ncc(Br)cc12. The van der Waals surface area contributed by atoms with Crippen LogP contribution in [-0.2, 0) is 0 Å². The summed E-state index contributed by atoms with van der Waals surface area (Å²) in [7, 11) is 0. The highest BCUT2D eigenvalue weighted by molar-refractivity contribution is 9.10. The standard InChI is InChI=1S/C15H17BrN2O/c16-10-8-12-13(17)6-7-14(15(12)18-9-10)19-11-4-2-1-3-5-11/h6-9,11H,1-5,17H2. The van der Waals surface area contributed by atoms with Crippen LogP contribution in [-0.4, -0.2) is 11.1 Å². The molecule has 0 saturated heterocycles. The number of fused-ring (bicyclic) bond motifs is 1. The summed E-state index contributed by atoms with van der Waals surface area (Å²) in [5.41, 5.74) is 7.60. The van der Waals surface area contributed by atoms with Crippen LogP contribution < -0.4 is 10.5 Å². The molecule has 1 aromatic carbocycles. The van der Waals surface area contributed by atoms with Gasteiger partial charge >= 0.3 is 0 Å². The maximum Gasteiger partial charge on any atom is 0.146 e. The van der Waals surface area contributed by atoms with Gasteiger partial charge < -0.3 is 10.5 Å². The van der Waals surface area contributed by atoms with Gasteiger partial charge in [-0.3, -0.25) is 4.98 Å². The maximum absolute atomic E-state index is 6.13. The van der Waals surface area contributed by atoms with Gasteiger partial charge in [0.05, 0.1) is 6.10 Å². The van der Waals surface area contributed by atoms with E-state index in [1.54, 1.807) is 6.20 Å². The van der Waals surface area contributed by atoms with Crippen LogP contribution >= 0.6 is 15.9 Å². The largest absolute Gasteiger partial charge is 0.488 e. The fourth-order valence-electron chi connectivity index (χ4n) is 2.65. The predicted molar refractivity (Wildman–Crippen MR) is 81.4 cm³/mol. The van der Waals surface area contributed by atoms with E-state index in [4.69, 9.17) is 10.5 Å². The van der Waals surface area contributed by atoms with Crippen LogP contribution in [0.1, 0.15) is 32.1 Å². The van der Waals surface area contributed by atoms with Crippen molar-refractivity contribution in [3.05, 3.63) is 28.9 Å². The summed E-state index contributed by atoms with van der Waals surface area (Å²) in [6.07, 6.45) is 8.24. The van der Waals surface area contributed by atoms with E-state index in [0.717, 1.165) is 39.7 Å². The number of nitrogen functional groups attached to an aromatic ring is 1. The molecule has 1 aliphatic rings. The van der Waals surface area contributed by atoms with E-state index >= 15 is 0 Å². The van der Waals surface area contributed by atoms with Gasteiger partial charge in [-0.15, -0.1) is 0 Å². The first-order chi connectivity index (χ1) is 9.24. The second kappa shape index (κ2) is 5.37. The molecular formula is C15H17BrN2O. The molecule has 1 heterocycles. The second-order valence-corrected chi connectivity index (χ2v) is 6.00. The molecule has 0 unspecified atom stereocenters. The van der Waals surface area contributed by atoms with Gasteiger partial charge in [0.25, 0.3) is 0 Å². The molecule has 1 aromatic heterocycles. The molecule has 0 radical (unpaired) electrons.